The predicted molar refractivity (Wildman–Crippen MR) is 68.2 cm³/mol. The minimum absolute atomic E-state index is 0.379. The zero-order valence-electron chi connectivity index (χ0n) is 10.1. The van der Waals surface area contributed by atoms with Gasteiger partial charge in [-0.1, -0.05) is 24.6 Å². The highest BCUT2D eigenvalue weighted by atomic mass is 35.5. The average Bonchev–Trinajstić information content (AvgIpc) is 2.38. The number of rotatable bonds is 4. The summed E-state index contributed by atoms with van der Waals surface area (Å²) in [4.78, 5) is 0. The highest BCUT2D eigenvalue weighted by Gasteiger charge is 2.16. The van der Waals surface area contributed by atoms with E-state index in [1.54, 1.807) is 26.4 Å². The van der Waals surface area contributed by atoms with Crippen molar-refractivity contribution >= 4 is 16.6 Å². The molecule has 0 saturated carbocycles. The van der Waals surface area contributed by atoms with Gasteiger partial charge in [-0.05, 0) is 18.6 Å². The van der Waals surface area contributed by atoms with Crippen LogP contribution < -0.4 is 9.47 Å². The molecule has 1 rings (SSSR count). The Morgan fingerprint density at radius 2 is 1.82 bits per heavy atom. The van der Waals surface area contributed by atoms with E-state index < -0.39 is 0 Å². The number of halogens is 1. The minimum atomic E-state index is 0.379. The highest BCUT2D eigenvalue weighted by Crippen LogP contribution is 2.38. The van der Waals surface area contributed by atoms with Crippen molar-refractivity contribution in [1.29, 1.82) is 5.26 Å². The lowest BCUT2D eigenvalue weighted by atomic mass is 10.1. The van der Waals surface area contributed by atoms with E-state index in [9.17, 15) is 0 Å². The molecular weight excluding hydrogens is 238 g/mol. The van der Waals surface area contributed by atoms with Gasteiger partial charge in [0.1, 0.15) is 11.5 Å². The first-order valence-electron chi connectivity index (χ1n) is 5.19. The van der Waals surface area contributed by atoms with Crippen LogP contribution in [0.3, 0.4) is 0 Å². The van der Waals surface area contributed by atoms with Gasteiger partial charge in [-0.15, -0.1) is 0 Å². The molecule has 0 N–H and O–H groups in total. The summed E-state index contributed by atoms with van der Waals surface area (Å²) in [5, 5.41) is 9.39. The van der Waals surface area contributed by atoms with Crippen LogP contribution in [0.15, 0.2) is 23.8 Å². The fourth-order valence-corrected chi connectivity index (χ4v) is 1.86. The maximum absolute atomic E-state index is 9.01. The monoisotopic (exact) mass is 251 g/mol. The van der Waals surface area contributed by atoms with Gasteiger partial charge >= 0.3 is 0 Å². The molecular formula is C13H14ClNO2. The van der Waals surface area contributed by atoms with E-state index in [0.29, 0.717) is 34.1 Å². The SMILES string of the molecule is CCC(C#N)=C(Cl)c1c(OC)cccc1OC. The molecule has 0 unspecified atom stereocenters. The summed E-state index contributed by atoms with van der Waals surface area (Å²) in [6.45, 7) is 1.88. The van der Waals surface area contributed by atoms with E-state index in [1.165, 1.54) is 0 Å². The molecule has 0 aliphatic rings. The minimum Gasteiger partial charge on any atom is -0.496 e. The Bertz CT molecular complexity index is 453. The maximum Gasteiger partial charge on any atom is 0.131 e. The molecule has 17 heavy (non-hydrogen) atoms. The van der Waals surface area contributed by atoms with Crippen LogP contribution >= 0.6 is 11.6 Å². The van der Waals surface area contributed by atoms with Gasteiger partial charge in [0, 0.05) is 5.57 Å². The molecule has 0 amide bonds. The number of hydrogen-bond donors (Lipinski definition) is 0. The highest BCUT2D eigenvalue weighted by molar-refractivity contribution is 6.50. The standard InChI is InChI=1S/C13H14ClNO2/c1-4-9(8-15)13(14)12-10(16-2)6-5-7-11(12)17-3/h5-7H,4H2,1-3H3. The summed E-state index contributed by atoms with van der Waals surface area (Å²) >= 11 is 6.24. The zero-order chi connectivity index (χ0) is 12.8. The molecule has 90 valence electrons. The van der Waals surface area contributed by atoms with E-state index in [0.717, 1.165) is 0 Å². The largest absolute Gasteiger partial charge is 0.496 e. The van der Waals surface area contributed by atoms with Gasteiger partial charge in [0.2, 0.25) is 0 Å². The number of benzene rings is 1. The van der Waals surface area contributed by atoms with Gasteiger partial charge in [0.25, 0.3) is 0 Å². The number of ether oxygens (including phenoxy) is 2. The van der Waals surface area contributed by atoms with Gasteiger partial charge in [-0.2, -0.15) is 5.26 Å². The van der Waals surface area contributed by atoms with Crippen LogP contribution in [0.25, 0.3) is 5.03 Å². The molecule has 0 radical (unpaired) electrons. The Morgan fingerprint density at radius 1 is 1.29 bits per heavy atom. The number of methoxy groups -OCH3 is 2. The molecule has 0 bridgehead atoms. The van der Waals surface area contributed by atoms with Crippen molar-refractivity contribution in [3.63, 3.8) is 0 Å². The summed E-state index contributed by atoms with van der Waals surface area (Å²) in [6.07, 6.45) is 0.566. The predicted octanol–water partition coefficient (Wildman–Crippen LogP) is 3.59. The fourth-order valence-electron chi connectivity index (χ4n) is 1.50. The smallest absolute Gasteiger partial charge is 0.131 e. The van der Waals surface area contributed by atoms with Crippen molar-refractivity contribution in [2.24, 2.45) is 0 Å². The van der Waals surface area contributed by atoms with Gasteiger partial charge in [-0.3, -0.25) is 0 Å². The molecule has 0 heterocycles. The third kappa shape index (κ3) is 2.72. The molecule has 4 heteroatoms. The molecule has 1 aromatic carbocycles. The number of nitrogens with zero attached hydrogens (tertiary/aromatic N) is 1. The average molecular weight is 252 g/mol. The quantitative estimate of drug-likeness (QED) is 0.768. The van der Waals surface area contributed by atoms with Crippen molar-refractivity contribution in [2.45, 2.75) is 13.3 Å². The Morgan fingerprint density at radius 3 is 2.18 bits per heavy atom. The van der Waals surface area contributed by atoms with Gasteiger partial charge in [0.05, 0.1) is 30.9 Å². The van der Waals surface area contributed by atoms with Crippen molar-refractivity contribution < 1.29 is 9.47 Å². The van der Waals surface area contributed by atoms with Crippen LogP contribution in [0.4, 0.5) is 0 Å². The normalized spacial score (nSPS) is 11.5. The Labute approximate surface area is 106 Å². The first kappa shape index (κ1) is 13.4. The van der Waals surface area contributed by atoms with Crippen LogP contribution in [-0.4, -0.2) is 14.2 Å². The Hall–Kier alpha value is -1.66. The van der Waals surface area contributed by atoms with Crippen LogP contribution in [0.1, 0.15) is 18.9 Å². The van der Waals surface area contributed by atoms with Crippen molar-refractivity contribution in [1.82, 2.24) is 0 Å². The Kier molecular flexibility index (Phi) is 4.86. The third-order valence-corrected chi connectivity index (χ3v) is 2.82. The summed E-state index contributed by atoms with van der Waals surface area (Å²) < 4.78 is 10.5. The van der Waals surface area contributed by atoms with Crippen molar-refractivity contribution in [3.05, 3.63) is 29.3 Å². The maximum atomic E-state index is 9.01. The van der Waals surface area contributed by atoms with E-state index >= 15 is 0 Å². The van der Waals surface area contributed by atoms with Gasteiger partial charge in [0.15, 0.2) is 0 Å². The van der Waals surface area contributed by atoms with E-state index in [1.807, 2.05) is 13.0 Å². The first-order chi connectivity index (χ1) is 8.19. The van der Waals surface area contributed by atoms with Gasteiger partial charge < -0.3 is 9.47 Å². The van der Waals surface area contributed by atoms with Crippen LogP contribution in [0.5, 0.6) is 11.5 Å². The van der Waals surface area contributed by atoms with Crippen LogP contribution in [0, 0.1) is 11.3 Å². The second kappa shape index (κ2) is 6.17. The zero-order valence-corrected chi connectivity index (χ0v) is 10.8. The molecule has 0 aliphatic carbocycles. The summed E-state index contributed by atoms with van der Waals surface area (Å²) in [7, 11) is 3.11. The summed E-state index contributed by atoms with van der Waals surface area (Å²) in [5.41, 5.74) is 1.13. The third-order valence-electron chi connectivity index (χ3n) is 2.40. The molecule has 0 aliphatic heterocycles. The Balaban J connectivity index is 3.48. The number of nitriles is 1. The van der Waals surface area contributed by atoms with Crippen molar-refractivity contribution in [3.8, 4) is 17.6 Å². The summed E-state index contributed by atoms with van der Waals surface area (Å²) in [6, 6.07) is 7.46. The first-order valence-corrected chi connectivity index (χ1v) is 5.57. The second-order valence-corrected chi connectivity index (χ2v) is 3.67. The lowest BCUT2D eigenvalue weighted by molar-refractivity contribution is 0.392. The molecule has 0 aromatic heterocycles. The lowest BCUT2D eigenvalue weighted by Gasteiger charge is -2.13. The van der Waals surface area contributed by atoms with Gasteiger partial charge in [-0.25, -0.2) is 0 Å². The topological polar surface area (TPSA) is 42.2 Å². The molecule has 3 nitrogen and oxygen atoms in total. The van der Waals surface area contributed by atoms with Crippen LogP contribution in [-0.2, 0) is 0 Å². The van der Waals surface area contributed by atoms with Crippen LogP contribution in [0.2, 0.25) is 0 Å². The number of hydrogen-bond acceptors (Lipinski definition) is 3. The fraction of sp³-hybridized carbons (Fsp3) is 0.308. The molecule has 0 atom stereocenters. The summed E-state index contributed by atoms with van der Waals surface area (Å²) in [5.74, 6) is 1.19. The van der Waals surface area contributed by atoms with E-state index in [2.05, 4.69) is 6.07 Å². The second-order valence-electron chi connectivity index (χ2n) is 3.30. The van der Waals surface area contributed by atoms with E-state index in [-0.39, 0.29) is 0 Å². The lowest BCUT2D eigenvalue weighted by Crippen LogP contribution is -1.95. The molecule has 1 aromatic rings. The van der Waals surface area contributed by atoms with E-state index in [4.69, 9.17) is 26.3 Å². The van der Waals surface area contributed by atoms with Crippen molar-refractivity contribution in [2.75, 3.05) is 14.2 Å². The number of allylic oxidation sites excluding steroid dienone is 1. The molecule has 0 spiro atoms. The molecule has 0 saturated heterocycles. The molecule has 0 fully saturated rings.